The molecule has 0 saturated carbocycles. The van der Waals surface area contributed by atoms with Gasteiger partial charge in [0.25, 0.3) is 0 Å². The lowest BCUT2D eigenvalue weighted by atomic mass is 10.1. The van der Waals surface area contributed by atoms with Crippen LogP contribution in [0.1, 0.15) is 18.1 Å². The normalized spacial score (nSPS) is 11.0. The van der Waals surface area contributed by atoms with Gasteiger partial charge in [-0.3, -0.25) is 0 Å². The molecule has 24 heavy (non-hydrogen) atoms. The fourth-order valence-corrected chi connectivity index (χ4v) is 3.76. The second-order valence-corrected chi connectivity index (χ2v) is 7.69. The van der Waals surface area contributed by atoms with E-state index >= 15 is 0 Å². The number of aryl methyl sites for hydroxylation is 1. The van der Waals surface area contributed by atoms with Gasteiger partial charge in [0.1, 0.15) is 0 Å². The third-order valence-electron chi connectivity index (χ3n) is 3.74. The van der Waals surface area contributed by atoms with Crippen molar-refractivity contribution in [3.8, 4) is 11.4 Å². The van der Waals surface area contributed by atoms with Crippen LogP contribution in [0.3, 0.4) is 0 Å². The van der Waals surface area contributed by atoms with Crippen LogP contribution in [0.25, 0.3) is 11.4 Å². The number of rotatable bonds is 5. The van der Waals surface area contributed by atoms with Gasteiger partial charge in [-0.25, -0.2) is 0 Å². The summed E-state index contributed by atoms with van der Waals surface area (Å²) >= 11 is 11.4. The van der Waals surface area contributed by atoms with Gasteiger partial charge in [0, 0.05) is 27.4 Å². The molecule has 0 aliphatic heterocycles. The number of hydrogen-bond donors (Lipinski definition) is 0. The predicted molar refractivity (Wildman–Crippen MR) is 105 cm³/mol. The van der Waals surface area contributed by atoms with Crippen LogP contribution in [0.5, 0.6) is 0 Å². The van der Waals surface area contributed by atoms with E-state index in [4.69, 9.17) is 11.6 Å². The summed E-state index contributed by atoms with van der Waals surface area (Å²) < 4.78 is 3.22. The molecule has 0 spiro atoms. The summed E-state index contributed by atoms with van der Waals surface area (Å²) in [4.78, 5) is 0. The monoisotopic (exact) mass is 421 g/mol. The van der Waals surface area contributed by atoms with Crippen molar-refractivity contribution in [2.24, 2.45) is 0 Å². The SMILES string of the molecule is CCn1c(SCc2ccc(Br)cc2)nnc1-c1ccc(C)c(Cl)c1. The van der Waals surface area contributed by atoms with Crippen LogP contribution in [0.2, 0.25) is 5.02 Å². The Morgan fingerprint density at radius 2 is 1.88 bits per heavy atom. The van der Waals surface area contributed by atoms with Crippen molar-refractivity contribution in [1.82, 2.24) is 14.8 Å². The van der Waals surface area contributed by atoms with E-state index in [1.807, 2.05) is 25.1 Å². The lowest BCUT2D eigenvalue weighted by molar-refractivity contribution is 0.687. The van der Waals surface area contributed by atoms with E-state index < -0.39 is 0 Å². The van der Waals surface area contributed by atoms with Gasteiger partial charge >= 0.3 is 0 Å². The summed E-state index contributed by atoms with van der Waals surface area (Å²) in [5.41, 5.74) is 3.32. The molecule has 2 aromatic carbocycles. The molecule has 0 aliphatic carbocycles. The molecule has 3 aromatic rings. The van der Waals surface area contributed by atoms with Gasteiger partial charge < -0.3 is 4.57 Å². The molecule has 124 valence electrons. The highest BCUT2D eigenvalue weighted by molar-refractivity contribution is 9.10. The number of aromatic nitrogens is 3. The van der Waals surface area contributed by atoms with Crippen LogP contribution >= 0.6 is 39.3 Å². The van der Waals surface area contributed by atoms with Crippen molar-refractivity contribution in [1.29, 1.82) is 0 Å². The summed E-state index contributed by atoms with van der Waals surface area (Å²) in [6.45, 7) is 4.92. The molecule has 3 nitrogen and oxygen atoms in total. The standard InChI is InChI=1S/C18H17BrClN3S/c1-3-23-17(14-7-4-12(2)16(20)10-14)21-22-18(23)24-11-13-5-8-15(19)9-6-13/h4-10H,3,11H2,1-2H3. The third-order valence-corrected chi connectivity index (χ3v) is 5.72. The molecule has 0 atom stereocenters. The van der Waals surface area contributed by atoms with Crippen molar-refractivity contribution >= 4 is 39.3 Å². The molecule has 1 aromatic heterocycles. The number of hydrogen-bond acceptors (Lipinski definition) is 3. The number of benzene rings is 2. The average Bonchev–Trinajstić information content (AvgIpc) is 3.00. The van der Waals surface area contributed by atoms with Crippen LogP contribution in [-0.4, -0.2) is 14.8 Å². The molecule has 6 heteroatoms. The minimum absolute atomic E-state index is 0.752. The van der Waals surface area contributed by atoms with Crippen molar-refractivity contribution in [3.05, 3.63) is 63.1 Å². The molecule has 0 bridgehead atoms. The highest BCUT2D eigenvalue weighted by Gasteiger charge is 2.14. The molecule has 1 heterocycles. The Morgan fingerprint density at radius 1 is 1.12 bits per heavy atom. The van der Waals surface area contributed by atoms with Crippen LogP contribution in [-0.2, 0) is 12.3 Å². The summed E-state index contributed by atoms with van der Waals surface area (Å²) in [5.74, 6) is 1.72. The van der Waals surface area contributed by atoms with Crippen LogP contribution in [0.15, 0.2) is 52.1 Å². The molecule has 0 N–H and O–H groups in total. The molecule has 0 unspecified atom stereocenters. The molecule has 0 aliphatic rings. The first-order valence-corrected chi connectivity index (χ1v) is 9.81. The maximum atomic E-state index is 6.25. The van der Waals surface area contributed by atoms with Gasteiger partial charge in [-0.15, -0.1) is 10.2 Å². The summed E-state index contributed by atoms with van der Waals surface area (Å²) in [5, 5.41) is 10.4. The van der Waals surface area contributed by atoms with Crippen molar-refractivity contribution in [3.63, 3.8) is 0 Å². The maximum absolute atomic E-state index is 6.25. The van der Waals surface area contributed by atoms with E-state index in [0.29, 0.717) is 0 Å². The van der Waals surface area contributed by atoms with E-state index in [1.54, 1.807) is 11.8 Å². The molecule has 3 rings (SSSR count). The fraction of sp³-hybridized carbons (Fsp3) is 0.222. The Labute approximate surface area is 159 Å². The van der Waals surface area contributed by atoms with Gasteiger partial charge in [0.05, 0.1) is 0 Å². The maximum Gasteiger partial charge on any atom is 0.191 e. The van der Waals surface area contributed by atoms with Gasteiger partial charge in [-0.05, 0) is 43.2 Å². The Kier molecular flexibility index (Phi) is 5.64. The molecule has 0 fully saturated rings. The molecular weight excluding hydrogens is 406 g/mol. The van der Waals surface area contributed by atoms with E-state index in [9.17, 15) is 0 Å². The fourth-order valence-electron chi connectivity index (χ4n) is 2.35. The zero-order valence-corrected chi connectivity index (χ0v) is 16.6. The smallest absolute Gasteiger partial charge is 0.191 e. The highest BCUT2D eigenvalue weighted by Crippen LogP contribution is 2.29. The van der Waals surface area contributed by atoms with E-state index in [2.05, 4.69) is 61.9 Å². The Bertz CT molecular complexity index is 846. The zero-order valence-electron chi connectivity index (χ0n) is 13.5. The van der Waals surface area contributed by atoms with E-state index in [-0.39, 0.29) is 0 Å². The van der Waals surface area contributed by atoms with Gasteiger partial charge in [0.2, 0.25) is 0 Å². The highest BCUT2D eigenvalue weighted by atomic mass is 79.9. The van der Waals surface area contributed by atoms with Crippen LogP contribution in [0, 0.1) is 6.92 Å². The quantitative estimate of drug-likeness (QED) is 0.474. The largest absolute Gasteiger partial charge is 0.302 e. The Morgan fingerprint density at radius 3 is 2.54 bits per heavy atom. The summed E-state index contributed by atoms with van der Waals surface area (Å²) in [6.07, 6.45) is 0. The number of halogens is 2. The van der Waals surface area contributed by atoms with E-state index in [1.165, 1.54) is 5.56 Å². The second kappa shape index (κ2) is 7.72. The number of thioether (sulfide) groups is 1. The van der Waals surface area contributed by atoms with E-state index in [0.717, 1.165) is 43.9 Å². The minimum atomic E-state index is 0.752. The van der Waals surface area contributed by atoms with Crippen molar-refractivity contribution < 1.29 is 0 Å². The molecule has 0 amide bonds. The van der Waals surface area contributed by atoms with Crippen LogP contribution in [0.4, 0.5) is 0 Å². The molecular formula is C18H17BrClN3S. The number of nitrogens with zero attached hydrogens (tertiary/aromatic N) is 3. The third kappa shape index (κ3) is 3.85. The first kappa shape index (κ1) is 17.5. The Hall–Kier alpha value is -1.30. The minimum Gasteiger partial charge on any atom is -0.302 e. The zero-order chi connectivity index (χ0) is 17.1. The summed E-state index contributed by atoms with van der Waals surface area (Å²) in [7, 11) is 0. The summed E-state index contributed by atoms with van der Waals surface area (Å²) in [6, 6.07) is 14.4. The van der Waals surface area contributed by atoms with Gasteiger partial charge in [0.15, 0.2) is 11.0 Å². The lowest BCUT2D eigenvalue weighted by Crippen LogP contribution is -2.00. The first-order chi connectivity index (χ1) is 11.6. The second-order valence-electron chi connectivity index (χ2n) is 5.43. The average molecular weight is 423 g/mol. The van der Waals surface area contributed by atoms with Gasteiger partial charge in [-0.2, -0.15) is 0 Å². The molecule has 0 saturated heterocycles. The first-order valence-electron chi connectivity index (χ1n) is 7.65. The lowest BCUT2D eigenvalue weighted by Gasteiger charge is -2.08. The van der Waals surface area contributed by atoms with Crippen molar-refractivity contribution in [2.75, 3.05) is 0 Å². The van der Waals surface area contributed by atoms with Gasteiger partial charge in [-0.1, -0.05) is 63.6 Å². The topological polar surface area (TPSA) is 30.7 Å². The Balaban J connectivity index is 1.83. The molecule has 0 radical (unpaired) electrons. The van der Waals surface area contributed by atoms with Crippen molar-refractivity contribution in [2.45, 2.75) is 31.3 Å². The predicted octanol–water partition coefficient (Wildman–Crippen LogP) is 5.98. The van der Waals surface area contributed by atoms with Crippen LogP contribution < -0.4 is 0 Å².